The van der Waals surface area contributed by atoms with Crippen LogP contribution in [0.5, 0.6) is 0 Å². The summed E-state index contributed by atoms with van der Waals surface area (Å²) in [7, 11) is 1.36. The summed E-state index contributed by atoms with van der Waals surface area (Å²) in [5, 5.41) is 9.48. The highest BCUT2D eigenvalue weighted by atomic mass is 16.6. The van der Waals surface area contributed by atoms with Crippen LogP contribution in [0.2, 0.25) is 0 Å². The van der Waals surface area contributed by atoms with Crippen LogP contribution in [0.3, 0.4) is 0 Å². The van der Waals surface area contributed by atoms with Gasteiger partial charge in [-0.3, -0.25) is 4.79 Å². The van der Waals surface area contributed by atoms with Crippen molar-refractivity contribution in [1.82, 2.24) is 0 Å². The summed E-state index contributed by atoms with van der Waals surface area (Å²) in [5.41, 5.74) is 0. The first-order valence-electron chi connectivity index (χ1n) is 4.89. The van der Waals surface area contributed by atoms with Gasteiger partial charge in [0.2, 0.25) is 0 Å². The number of aliphatic hydroxyl groups is 1. The highest BCUT2D eigenvalue weighted by Gasteiger charge is 2.36. The molecule has 0 bridgehead atoms. The molecule has 0 aromatic carbocycles. The molecular weight excluding hydrogens is 184 g/mol. The average molecular weight is 202 g/mol. The Labute approximate surface area is 84.2 Å². The summed E-state index contributed by atoms with van der Waals surface area (Å²) in [6.45, 7) is 3.14. The molecular formula is C10H18O4. The Morgan fingerprint density at radius 3 is 2.50 bits per heavy atom. The van der Waals surface area contributed by atoms with E-state index in [-0.39, 0.29) is 18.5 Å². The standard InChI is InChI=1S/C10H18O4/c1-10(2,12)14-8(7-4-5-7)6-9(11)13-3/h7-8,12H,4-6H2,1-3H3/t8-/m0/s1. The zero-order valence-electron chi connectivity index (χ0n) is 8.95. The number of ether oxygens (including phenoxy) is 2. The zero-order valence-corrected chi connectivity index (χ0v) is 8.95. The van der Waals surface area contributed by atoms with Gasteiger partial charge in [-0.15, -0.1) is 0 Å². The summed E-state index contributed by atoms with van der Waals surface area (Å²) < 4.78 is 9.96. The maximum absolute atomic E-state index is 11.1. The highest BCUT2D eigenvalue weighted by Crippen LogP contribution is 2.37. The summed E-state index contributed by atoms with van der Waals surface area (Å²) in [6.07, 6.45) is 2.16. The Morgan fingerprint density at radius 1 is 1.57 bits per heavy atom. The maximum atomic E-state index is 11.1. The molecule has 0 aliphatic heterocycles. The third kappa shape index (κ3) is 4.07. The minimum Gasteiger partial charge on any atom is -0.469 e. The van der Waals surface area contributed by atoms with Gasteiger partial charge in [-0.1, -0.05) is 0 Å². The molecule has 0 aromatic rings. The van der Waals surface area contributed by atoms with Crippen molar-refractivity contribution in [3.05, 3.63) is 0 Å². The Bertz CT molecular complexity index is 203. The Hall–Kier alpha value is -0.610. The molecule has 1 fully saturated rings. The van der Waals surface area contributed by atoms with Crippen LogP contribution in [0.4, 0.5) is 0 Å². The Morgan fingerprint density at radius 2 is 2.14 bits per heavy atom. The van der Waals surface area contributed by atoms with Crippen molar-refractivity contribution in [2.45, 2.75) is 45.0 Å². The number of esters is 1. The van der Waals surface area contributed by atoms with Gasteiger partial charge in [-0.25, -0.2) is 0 Å². The second kappa shape index (κ2) is 4.28. The van der Waals surface area contributed by atoms with E-state index in [4.69, 9.17) is 4.74 Å². The number of rotatable bonds is 5. The molecule has 0 spiro atoms. The fourth-order valence-corrected chi connectivity index (χ4v) is 1.39. The maximum Gasteiger partial charge on any atom is 0.308 e. The van der Waals surface area contributed by atoms with Gasteiger partial charge >= 0.3 is 5.97 Å². The fraction of sp³-hybridized carbons (Fsp3) is 0.900. The predicted molar refractivity (Wildman–Crippen MR) is 50.5 cm³/mol. The van der Waals surface area contributed by atoms with Crippen molar-refractivity contribution >= 4 is 5.97 Å². The second-order valence-corrected chi connectivity index (χ2v) is 4.22. The second-order valence-electron chi connectivity index (χ2n) is 4.22. The van der Waals surface area contributed by atoms with Crippen molar-refractivity contribution in [2.24, 2.45) is 5.92 Å². The largest absolute Gasteiger partial charge is 0.469 e. The Kier molecular flexibility index (Phi) is 3.50. The third-order valence-corrected chi connectivity index (χ3v) is 2.18. The number of carbonyl (C=O) groups is 1. The van der Waals surface area contributed by atoms with Crippen LogP contribution in [0.15, 0.2) is 0 Å². The van der Waals surface area contributed by atoms with Crippen molar-refractivity contribution < 1.29 is 19.4 Å². The van der Waals surface area contributed by atoms with Crippen LogP contribution in [0.25, 0.3) is 0 Å². The lowest BCUT2D eigenvalue weighted by Crippen LogP contribution is -2.33. The normalized spacial score (nSPS) is 19.1. The molecule has 1 saturated carbocycles. The van der Waals surface area contributed by atoms with Crippen molar-refractivity contribution in [1.29, 1.82) is 0 Å². The van der Waals surface area contributed by atoms with Gasteiger partial charge in [0.25, 0.3) is 0 Å². The predicted octanol–water partition coefficient (Wildman–Crippen LogP) is 1.07. The van der Waals surface area contributed by atoms with Gasteiger partial charge in [0.1, 0.15) is 0 Å². The van der Waals surface area contributed by atoms with Crippen LogP contribution in [-0.2, 0) is 14.3 Å². The van der Waals surface area contributed by atoms with Crippen molar-refractivity contribution in [3.8, 4) is 0 Å². The quantitative estimate of drug-likeness (QED) is 0.535. The number of methoxy groups -OCH3 is 1. The van der Waals surface area contributed by atoms with Gasteiger partial charge in [0, 0.05) is 0 Å². The molecule has 0 amide bonds. The summed E-state index contributed by atoms with van der Waals surface area (Å²) in [5.74, 6) is -1.06. The fourth-order valence-electron chi connectivity index (χ4n) is 1.39. The van der Waals surface area contributed by atoms with Crippen molar-refractivity contribution in [2.75, 3.05) is 7.11 Å². The van der Waals surface area contributed by atoms with Crippen molar-refractivity contribution in [3.63, 3.8) is 0 Å². The van der Waals surface area contributed by atoms with E-state index in [1.54, 1.807) is 13.8 Å². The van der Waals surface area contributed by atoms with Gasteiger partial charge in [0.05, 0.1) is 19.6 Å². The highest BCUT2D eigenvalue weighted by molar-refractivity contribution is 5.69. The Balaban J connectivity index is 2.43. The number of hydrogen-bond acceptors (Lipinski definition) is 4. The molecule has 1 N–H and O–H groups in total. The first kappa shape index (κ1) is 11.5. The summed E-state index contributed by atoms with van der Waals surface area (Å²) in [6, 6.07) is 0. The van der Waals surface area contributed by atoms with Crippen LogP contribution < -0.4 is 0 Å². The molecule has 0 saturated heterocycles. The average Bonchev–Trinajstić information content (AvgIpc) is 2.82. The van der Waals surface area contributed by atoms with Crippen LogP contribution in [0.1, 0.15) is 33.1 Å². The molecule has 0 unspecified atom stereocenters. The van der Waals surface area contributed by atoms with Gasteiger partial charge in [-0.05, 0) is 32.6 Å². The topological polar surface area (TPSA) is 55.8 Å². The SMILES string of the molecule is COC(=O)C[C@H](OC(C)(C)O)C1CC1. The summed E-state index contributed by atoms with van der Waals surface area (Å²) in [4.78, 5) is 11.1. The minimum absolute atomic E-state index is 0.206. The van der Waals surface area contributed by atoms with Crippen LogP contribution >= 0.6 is 0 Å². The van der Waals surface area contributed by atoms with E-state index in [1.165, 1.54) is 7.11 Å². The molecule has 1 atom stereocenters. The van der Waals surface area contributed by atoms with E-state index in [2.05, 4.69) is 4.74 Å². The van der Waals surface area contributed by atoms with Gasteiger partial charge in [-0.2, -0.15) is 0 Å². The van der Waals surface area contributed by atoms with Crippen LogP contribution in [-0.4, -0.2) is 30.1 Å². The van der Waals surface area contributed by atoms with Gasteiger partial charge < -0.3 is 14.6 Å². The molecule has 0 heterocycles. The molecule has 1 aliphatic carbocycles. The molecule has 82 valence electrons. The first-order valence-corrected chi connectivity index (χ1v) is 4.89. The molecule has 1 aliphatic rings. The van der Waals surface area contributed by atoms with E-state index in [0.717, 1.165) is 12.8 Å². The first-order chi connectivity index (χ1) is 6.42. The summed E-state index contributed by atoms with van der Waals surface area (Å²) >= 11 is 0. The van der Waals surface area contributed by atoms with Crippen LogP contribution in [0, 0.1) is 5.92 Å². The van der Waals surface area contributed by atoms with E-state index in [0.29, 0.717) is 5.92 Å². The minimum atomic E-state index is -1.18. The zero-order chi connectivity index (χ0) is 10.8. The molecule has 0 radical (unpaired) electrons. The lowest BCUT2D eigenvalue weighted by molar-refractivity contribution is -0.213. The molecule has 14 heavy (non-hydrogen) atoms. The lowest BCUT2D eigenvalue weighted by atomic mass is 10.1. The lowest BCUT2D eigenvalue weighted by Gasteiger charge is -2.25. The third-order valence-electron chi connectivity index (χ3n) is 2.18. The smallest absolute Gasteiger partial charge is 0.308 e. The van der Waals surface area contributed by atoms with E-state index < -0.39 is 5.79 Å². The molecule has 0 aromatic heterocycles. The number of carbonyl (C=O) groups excluding carboxylic acids is 1. The molecule has 4 heteroatoms. The van der Waals surface area contributed by atoms with E-state index >= 15 is 0 Å². The molecule has 1 rings (SSSR count). The monoisotopic (exact) mass is 202 g/mol. The molecule has 4 nitrogen and oxygen atoms in total. The van der Waals surface area contributed by atoms with Gasteiger partial charge in [0.15, 0.2) is 5.79 Å². The van der Waals surface area contributed by atoms with E-state index in [9.17, 15) is 9.90 Å². The number of hydrogen-bond donors (Lipinski definition) is 1. The van der Waals surface area contributed by atoms with E-state index in [1.807, 2.05) is 0 Å².